The topological polar surface area (TPSA) is 75.9 Å². The number of tetrazole rings is 1. The van der Waals surface area contributed by atoms with Crippen LogP contribution in [0.1, 0.15) is 77.0 Å². The molecular weight excluding hydrogens is 328 g/mol. The van der Waals surface area contributed by atoms with Crippen molar-refractivity contribution in [3.05, 3.63) is 5.82 Å². The van der Waals surface area contributed by atoms with Gasteiger partial charge in [-0.15, -0.1) is 5.10 Å². The van der Waals surface area contributed by atoms with Crippen molar-refractivity contribution in [2.45, 2.75) is 90.3 Å². The van der Waals surface area contributed by atoms with Gasteiger partial charge in [-0.3, -0.25) is 9.69 Å². The minimum absolute atomic E-state index is 0.177. The molecule has 3 rings (SSSR count). The van der Waals surface area contributed by atoms with Gasteiger partial charge in [0.15, 0.2) is 5.82 Å². The number of nitrogens with zero attached hydrogens (tertiary/aromatic N) is 5. The highest BCUT2D eigenvalue weighted by molar-refractivity contribution is 5.76. The van der Waals surface area contributed by atoms with E-state index < -0.39 is 0 Å². The fourth-order valence-electron chi connectivity index (χ4n) is 4.04. The van der Waals surface area contributed by atoms with Gasteiger partial charge in [-0.1, -0.05) is 32.6 Å². The van der Waals surface area contributed by atoms with E-state index in [9.17, 15) is 4.79 Å². The van der Waals surface area contributed by atoms with Gasteiger partial charge in [-0.05, 0) is 61.5 Å². The normalized spacial score (nSPS) is 20.8. The molecule has 0 aromatic carbocycles. The highest BCUT2D eigenvalue weighted by atomic mass is 16.1. The molecular formula is C19H34N6O. The van der Waals surface area contributed by atoms with Crippen molar-refractivity contribution in [1.29, 1.82) is 0 Å². The van der Waals surface area contributed by atoms with E-state index in [1.54, 1.807) is 0 Å². The second-order valence-electron chi connectivity index (χ2n) is 8.14. The Bertz CT molecular complexity index is 544. The molecule has 0 unspecified atom stereocenters. The third kappa shape index (κ3) is 6.04. The second kappa shape index (κ2) is 10.00. The Morgan fingerprint density at radius 2 is 1.85 bits per heavy atom. The minimum Gasteiger partial charge on any atom is -0.353 e. The lowest BCUT2D eigenvalue weighted by atomic mass is 9.99. The van der Waals surface area contributed by atoms with Crippen LogP contribution in [0.3, 0.4) is 0 Å². The lowest BCUT2D eigenvalue weighted by Gasteiger charge is -2.29. The number of aryl methyl sites for hydroxylation is 1. The van der Waals surface area contributed by atoms with E-state index in [1.165, 1.54) is 38.5 Å². The van der Waals surface area contributed by atoms with Crippen LogP contribution >= 0.6 is 0 Å². The third-order valence-electron chi connectivity index (χ3n) is 5.84. The SMILES string of the molecule is CC1CCN(Cc2nnnn2CCCC(=O)NC2CCCCCC2)CC1. The number of likely N-dealkylation sites (tertiary alicyclic amines) is 1. The van der Waals surface area contributed by atoms with E-state index in [0.29, 0.717) is 19.0 Å². The van der Waals surface area contributed by atoms with E-state index >= 15 is 0 Å². The van der Waals surface area contributed by atoms with Crippen molar-refractivity contribution in [3.63, 3.8) is 0 Å². The Balaban J connectivity index is 1.38. The molecule has 1 saturated heterocycles. The number of nitrogens with one attached hydrogen (secondary N) is 1. The highest BCUT2D eigenvalue weighted by Crippen LogP contribution is 2.18. The van der Waals surface area contributed by atoms with Crippen LogP contribution in [-0.4, -0.2) is 50.1 Å². The molecule has 1 aromatic rings. The molecule has 0 bridgehead atoms. The first-order valence-electron chi connectivity index (χ1n) is 10.5. The fourth-order valence-corrected chi connectivity index (χ4v) is 4.04. The molecule has 1 aromatic heterocycles. The molecule has 146 valence electrons. The van der Waals surface area contributed by atoms with Crippen LogP contribution in [0.2, 0.25) is 0 Å². The maximum Gasteiger partial charge on any atom is 0.220 e. The molecule has 26 heavy (non-hydrogen) atoms. The summed E-state index contributed by atoms with van der Waals surface area (Å²) in [5.41, 5.74) is 0. The van der Waals surface area contributed by atoms with Gasteiger partial charge < -0.3 is 5.32 Å². The van der Waals surface area contributed by atoms with Crippen LogP contribution in [0.15, 0.2) is 0 Å². The van der Waals surface area contributed by atoms with E-state index in [2.05, 4.69) is 32.7 Å². The number of piperidine rings is 1. The number of hydrogen-bond acceptors (Lipinski definition) is 5. The average molecular weight is 363 g/mol. The number of hydrogen-bond donors (Lipinski definition) is 1. The first kappa shape index (κ1) is 19.3. The molecule has 1 N–H and O–H groups in total. The summed E-state index contributed by atoms with van der Waals surface area (Å²) in [6.45, 7) is 6.09. The molecule has 1 amide bonds. The predicted molar refractivity (Wildman–Crippen MR) is 100 cm³/mol. The van der Waals surface area contributed by atoms with Crippen molar-refractivity contribution in [3.8, 4) is 0 Å². The zero-order valence-corrected chi connectivity index (χ0v) is 16.2. The standard InChI is InChI=1S/C19H34N6O/c1-16-10-13-24(14-11-16)15-18-21-22-23-25(18)12-6-9-19(26)20-17-7-4-2-3-5-8-17/h16-17H,2-15H2,1H3,(H,20,26). The van der Waals surface area contributed by atoms with E-state index in [-0.39, 0.29) is 5.91 Å². The summed E-state index contributed by atoms with van der Waals surface area (Å²) in [7, 11) is 0. The number of amides is 1. The molecule has 0 radical (unpaired) electrons. The zero-order chi connectivity index (χ0) is 18.2. The molecule has 1 aliphatic carbocycles. The van der Waals surface area contributed by atoms with Crippen LogP contribution in [0.4, 0.5) is 0 Å². The Morgan fingerprint density at radius 1 is 1.12 bits per heavy atom. The summed E-state index contributed by atoms with van der Waals surface area (Å²) in [6.07, 6.45) is 11.2. The van der Waals surface area contributed by atoms with Crippen LogP contribution < -0.4 is 5.32 Å². The monoisotopic (exact) mass is 362 g/mol. The Hall–Kier alpha value is -1.50. The molecule has 1 saturated carbocycles. The van der Waals surface area contributed by atoms with Gasteiger partial charge in [0.25, 0.3) is 0 Å². The Morgan fingerprint density at radius 3 is 2.58 bits per heavy atom. The van der Waals surface area contributed by atoms with Gasteiger partial charge in [0, 0.05) is 19.0 Å². The van der Waals surface area contributed by atoms with Gasteiger partial charge in [-0.25, -0.2) is 4.68 Å². The lowest BCUT2D eigenvalue weighted by Crippen LogP contribution is -2.34. The number of rotatable bonds is 7. The lowest BCUT2D eigenvalue weighted by molar-refractivity contribution is -0.122. The summed E-state index contributed by atoms with van der Waals surface area (Å²) >= 11 is 0. The van der Waals surface area contributed by atoms with Crippen LogP contribution in [0, 0.1) is 5.92 Å². The predicted octanol–water partition coefficient (Wildman–Crippen LogP) is 2.52. The molecule has 7 heteroatoms. The van der Waals surface area contributed by atoms with Crippen molar-refractivity contribution in [1.82, 2.24) is 30.4 Å². The van der Waals surface area contributed by atoms with Gasteiger partial charge in [0.05, 0.1) is 6.54 Å². The summed E-state index contributed by atoms with van der Waals surface area (Å²) in [5.74, 6) is 1.93. The molecule has 2 heterocycles. The van der Waals surface area contributed by atoms with E-state index in [0.717, 1.165) is 50.6 Å². The second-order valence-corrected chi connectivity index (χ2v) is 8.14. The first-order valence-corrected chi connectivity index (χ1v) is 10.5. The first-order chi connectivity index (χ1) is 12.7. The van der Waals surface area contributed by atoms with Gasteiger partial charge in [-0.2, -0.15) is 0 Å². The summed E-state index contributed by atoms with van der Waals surface area (Å²) in [6, 6.07) is 0.384. The molecule has 2 fully saturated rings. The summed E-state index contributed by atoms with van der Waals surface area (Å²) in [5, 5.41) is 15.4. The number of carbonyl (C=O) groups is 1. The van der Waals surface area contributed by atoms with Crippen molar-refractivity contribution >= 4 is 5.91 Å². The third-order valence-corrected chi connectivity index (χ3v) is 5.84. The van der Waals surface area contributed by atoms with E-state index in [4.69, 9.17) is 0 Å². The van der Waals surface area contributed by atoms with Gasteiger partial charge in [0.1, 0.15) is 0 Å². The summed E-state index contributed by atoms with van der Waals surface area (Å²) in [4.78, 5) is 14.6. The van der Waals surface area contributed by atoms with Gasteiger partial charge in [0.2, 0.25) is 5.91 Å². The smallest absolute Gasteiger partial charge is 0.220 e. The number of aromatic nitrogens is 4. The zero-order valence-electron chi connectivity index (χ0n) is 16.2. The van der Waals surface area contributed by atoms with Crippen molar-refractivity contribution < 1.29 is 4.79 Å². The fraction of sp³-hybridized carbons (Fsp3) is 0.895. The average Bonchev–Trinajstić information content (AvgIpc) is 2.90. The summed E-state index contributed by atoms with van der Waals surface area (Å²) < 4.78 is 1.87. The van der Waals surface area contributed by atoms with E-state index in [1.807, 2.05) is 4.68 Å². The number of carbonyl (C=O) groups excluding carboxylic acids is 1. The molecule has 0 spiro atoms. The van der Waals surface area contributed by atoms with Crippen LogP contribution in [0.5, 0.6) is 0 Å². The molecule has 2 aliphatic rings. The Labute approximate surface area is 156 Å². The van der Waals surface area contributed by atoms with Crippen molar-refractivity contribution in [2.75, 3.05) is 13.1 Å². The van der Waals surface area contributed by atoms with Crippen LogP contribution in [0.25, 0.3) is 0 Å². The minimum atomic E-state index is 0.177. The molecule has 1 aliphatic heterocycles. The molecule has 0 atom stereocenters. The highest BCUT2D eigenvalue weighted by Gasteiger charge is 2.19. The van der Waals surface area contributed by atoms with Crippen LogP contribution in [-0.2, 0) is 17.9 Å². The Kier molecular flexibility index (Phi) is 7.41. The quantitative estimate of drug-likeness (QED) is 0.754. The molecule has 7 nitrogen and oxygen atoms in total. The largest absolute Gasteiger partial charge is 0.353 e. The maximum atomic E-state index is 12.2. The van der Waals surface area contributed by atoms with Gasteiger partial charge >= 0.3 is 0 Å². The van der Waals surface area contributed by atoms with Crippen molar-refractivity contribution in [2.24, 2.45) is 5.92 Å². The maximum absolute atomic E-state index is 12.2.